The fourth-order valence-electron chi connectivity index (χ4n) is 2.83. The lowest BCUT2D eigenvalue weighted by atomic mass is 9.99. The van der Waals surface area contributed by atoms with Crippen molar-refractivity contribution in [1.82, 2.24) is 15.1 Å². The quantitative estimate of drug-likeness (QED) is 0.794. The summed E-state index contributed by atoms with van der Waals surface area (Å²) in [6.07, 6.45) is 0.691. The summed E-state index contributed by atoms with van der Waals surface area (Å²) in [5, 5.41) is 16.3. The van der Waals surface area contributed by atoms with Crippen LogP contribution in [0.15, 0.2) is 24.3 Å². The number of halogens is 1. The molecular weight excluding hydrogens is 337 g/mol. The van der Waals surface area contributed by atoms with Crippen LogP contribution in [0.4, 0.5) is 4.39 Å². The van der Waals surface area contributed by atoms with Crippen LogP contribution in [0.5, 0.6) is 0 Å². The standard InChI is InChI=1S/C19H24FN3O3/c1-5-11(2)18(19(25)26)21-17(24)10-16-12(3)22-23(13(16)4)15-8-6-14(20)7-9-15/h6-9,11,18H,5,10H2,1-4H3,(H,21,24)(H,25,26). The average Bonchev–Trinajstić information content (AvgIpc) is 2.87. The lowest BCUT2D eigenvalue weighted by Gasteiger charge is -2.20. The van der Waals surface area contributed by atoms with Gasteiger partial charge in [-0.1, -0.05) is 20.3 Å². The summed E-state index contributed by atoms with van der Waals surface area (Å²) in [5.74, 6) is -1.90. The number of aryl methyl sites for hydroxylation is 1. The van der Waals surface area contributed by atoms with Crippen LogP contribution in [0.1, 0.15) is 37.2 Å². The van der Waals surface area contributed by atoms with Crippen LogP contribution in [0.25, 0.3) is 5.69 Å². The zero-order valence-electron chi connectivity index (χ0n) is 15.4. The van der Waals surface area contributed by atoms with E-state index in [0.717, 1.165) is 11.3 Å². The first-order chi connectivity index (χ1) is 12.2. The van der Waals surface area contributed by atoms with Crippen LogP contribution in [-0.4, -0.2) is 32.8 Å². The summed E-state index contributed by atoms with van der Waals surface area (Å²) in [7, 11) is 0. The molecule has 1 heterocycles. The first-order valence-electron chi connectivity index (χ1n) is 8.57. The zero-order valence-corrected chi connectivity index (χ0v) is 15.4. The molecule has 26 heavy (non-hydrogen) atoms. The minimum absolute atomic E-state index is 0.0407. The largest absolute Gasteiger partial charge is 0.480 e. The number of carbonyl (C=O) groups excluding carboxylic acids is 1. The number of amides is 1. The molecule has 0 aliphatic carbocycles. The minimum Gasteiger partial charge on any atom is -0.480 e. The van der Waals surface area contributed by atoms with E-state index in [1.54, 1.807) is 30.7 Å². The number of aromatic nitrogens is 2. The van der Waals surface area contributed by atoms with E-state index in [0.29, 0.717) is 17.8 Å². The minimum atomic E-state index is -1.04. The van der Waals surface area contributed by atoms with Crippen molar-refractivity contribution in [2.75, 3.05) is 0 Å². The van der Waals surface area contributed by atoms with Crippen molar-refractivity contribution < 1.29 is 19.1 Å². The van der Waals surface area contributed by atoms with Gasteiger partial charge in [0, 0.05) is 11.3 Å². The van der Waals surface area contributed by atoms with Crippen LogP contribution in [-0.2, 0) is 16.0 Å². The van der Waals surface area contributed by atoms with E-state index in [9.17, 15) is 19.1 Å². The van der Waals surface area contributed by atoms with Crippen LogP contribution in [0.3, 0.4) is 0 Å². The number of carbonyl (C=O) groups is 2. The molecule has 7 heteroatoms. The second-order valence-electron chi connectivity index (χ2n) is 6.48. The van der Waals surface area contributed by atoms with Crippen LogP contribution >= 0.6 is 0 Å². The highest BCUT2D eigenvalue weighted by atomic mass is 19.1. The predicted molar refractivity (Wildman–Crippen MR) is 95.7 cm³/mol. The summed E-state index contributed by atoms with van der Waals surface area (Å²) in [6.45, 7) is 7.30. The Bertz CT molecular complexity index is 799. The number of hydrogen-bond donors (Lipinski definition) is 2. The van der Waals surface area contributed by atoms with E-state index in [1.807, 2.05) is 13.8 Å². The van der Waals surface area contributed by atoms with Gasteiger partial charge in [-0.05, 0) is 44.0 Å². The lowest BCUT2D eigenvalue weighted by molar-refractivity contribution is -0.143. The maximum atomic E-state index is 13.1. The van der Waals surface area contributed by atoms with Gasteiger partial charge in [0.15, 0.2) is 0 Å². The van der Waals surface area contributed by atoms with E-state index >= 15 is 0 Å². The molecule has 2 rings (SSSR count). The van der Waals surface area contributed by atoms with Crippen molar-refractivity contribution in [1.29, 1.82) is 0 Å². The zero-order chi connectivity index (χ0) is 19.4. The monoisotopic (exact) mass is 361 g/mol. The molecule has 0 spiro atoms. The van der Waals surface area contributed by atoms with Gasteiger partial charge in [0.05, 0.1) is 17.8 Å². The third-order valence-electron chi connectivity index (χ3n) is 4.65. The van der Waals surface area contributed by atoms with E-state index in [1.165, 1.54) is 12.1 Å². The molecule has 140 valence electrons. The molecule has 0 bridgehead atoms. The van der Waals surface area contributed by atoms with Crippen molar-refractivity contribution in [3.8, 4) is 5.69 Å². The summed E-state index contributed by atoms with van der Waals surface area (Å²) < 4.78 is 14.8. The summed E-state index contributed by atoms with van der Waals surface area (Å²) in [5.41, 5.74) is 2.87. The Balaban J connectivity index is 2.20. The Kier molecular flexibility index (Phi) is 6.13. The van der Waals surface area contributed by atoms with Gasteiger partial charge in [0.25, 0.3) is 0 Å². The number of nitrogens with one attached hydrogen (secondary N) is 1. The maximum absolute atomic E-state index is 13.1. The molecular formula is C19H24FN3O3. The van der Waals surface area contributed by atoms with Crippen LogP contribution in [0.2, 0.25) is 0 Å². The van der Waals surface area contributed by atoms with Gasteiger partial charge >= 0.3 is 5.97 Å². The molecule has 1 aromatic heterocycles. The van der Waals surface area contributed by atoms with Crippen molar-refractivity contribution >= 4 is 11.9 Å². The molecule has 0 fully saturated rings. The molecule has 0 aliphatic rings. The second-order valence-corrected chi connectivity index (χ2v) is 6.48. The Labute approximate surface area is 152 Å². The summed E-state index contributed by atoms with van der Waals surface area (Å²) in [4.78, 5) is 23.8. The van der Waals surface area contributed by atoms with E-state index in [4.69, 9.17) is 0 Å². The van der Waals surface area contributed by atoms with Gasteiger partial charge in [-0.25, -0.2) is 13.9 Å². The van der Waals surface area contributed by atoms with E-state index < -0.39 is 12.0 Å². The number of hydrogen-bond acceptors (Lipinski definition) is 3. The van der Waals surface area contributed by atoms with Crippen molar-refractivity contribution in [2.45, 2.75) is 46.6 Å². The number of benzene rings is 1. The van der Waals surface area contributed by atoms with Crippen molar-refractivity contribution in [3.05, 3.63) is 47.0 Å². The van der Waals surface area contributed by atoms with Gasteiger partial charge < -0.3 is 10.4 Å². The Morgan fingerprint density at radius 3 is 2.42 bits per heavy atom. The van der Waals surface area contributed by atoms with Crippen LogP contribution in [0, 0.1) is 25.6 Å². The Morgan fingerprint density at radius 2 is 1.88 bits per heavy atom. The molecule has 6 nitrogen and oxygen atoms in total. The van der Waals surface area contributed by atoms with E-state index in [-0.39, 0.29) is 24.1 Å². The van der Waals surface area contributed by atoms with Gasteiger partial charge in [0.2, 0.25) is 5.91 Å². The molecule has 2 unspecified atom stereocenters. The van der Waals surface area contributed by atoms with Crippen molar-refractivity contribution in [2.24, 2.45) is 5.92 Å². The third kappa shape index (κ3) is 4.28. The van der Waals surface area contributed by atoms with Crippen molar-refractivity contribution in [3.63, 3.8) is 0 Å². The Hall–Kier alpha value is -2.70. The highest BCUT2D eigenvalue weighted by Gasteiger charge is 2.26. The molecule has 0 saturated heterocycles. The summed E-state index contributed by atoms with van der Waals surface area (Å²) in [6, 6.07) is 5.01. The van der Waals surface area contributed by atoms with Gasteiger partial charge in [-0.3, -0.25) is 4.79 Å². The van der Waals surface area contributed by atoms with E-state index in [2.05, 4.69) is 10.4 Å². The fraction of sp³-hybridized carbons (Fsp3) is 0.421. The highest BCUT2D eigenvalue weighted by Crippen LogP contribution is 2.19. The lowest BCUT2D eigenvalue weighted by Crippen LogP contribution is -2.45. The molecule has 2 N–H and O–H groups in total. The molecule has 1 aromatic carbocycles. The number of rotatable bonds is 7. The molecule has 0 saturated carbocycles. The fourth-order valence-corrected chi connectivity index (χ4v) is 2.83. The smallest absolute Gasteiger partial charge is 0.326 e. The molecule has 0 aliphatic heterocycles. The topological polar surface area (TPSA) is 84.2 Å². The average molecular weight is 361 g/mol. The van der Waals surface area contributed by atoms with Crippen LogP contribution < -0.4 is 5.32 Å². The second kappa shape index (κ2) is 8.12. The normalized spacial score (nSPS) is 13.3. The highest BCUT2D eigenvalue weighted by molar-refractivity contribution is 5.85. The molecule has 0 radical (unpaired) electrons. The number of aliphatic carboxylic acids is 1. The maximum Gasteiger partial charge on any atom is 0.326 e. The SMILES string of the molecule is CCC(C)C(NC(=O)Cc1c(C)nn(-c2ccc(F)cc2)c1C)C(=O)O. The summed E-state index contributed by atoms with van der Waals surface area (Å²) >= 11 is 0. The van der Waals surface area contributed by atoms with Gasteiger partial charge in [0.1, 0.15) is 11.9 Å². The molecule has 2 atom stereocenters. The first-order valence-corrected chi connectivity index (χ1v) is 8.57. The third-order valence-corrected chi connectivity index (χ3v) is 4.65. The predicted octanol–water partition coefficient (Wildman–Crippen LogP) is 2.79. The molecule has 2 aromatic rings. The number of carboxylic acid groups (broad SMARTS) is 1. The number of nitrogens with zero attached hydrogens (tertiary/aromatic N) is 2. The molecule has 1 amide bonds. The number of carboxylic acids is 1. The van der Waals surface area contributed by atoms with Gasteiger partial charge in [-0.15, -0.1) is 0 Å². The van der Waals surface area contributed by atoms with Gasteiger partial charge in [-0.2, -0.15) is 5.10 Å². The first kappa shape index (κ1) is 19.6. The Morgan fingerprint density at radius 1 is 1.27 bits per heavy atom.